The molecule has 2 aromatic carbocycles. The summed E-state index contributed by atoms with van der Waals surface area (Å²) in [6, 6.07) is 15.7. The molecule has 0 bridgehead atoms. The second-order valence-electron chi connectivity index (χ2n) is 9.73. The maximum atomic E-state index is 12.8. The number of hydrogen-bond acceptors (Lipinski definition) is 8. The largest absolute Gasteiger partial charge is 0.361 e. The molecular formula is C28H32N6O3. The number of aliphatic imine (C=N–C) groups is 1. The zero-order valence-corrected chi connectivity index (χ0v) is 20.9. The zero-order chi connectivity index (χ0) is 25.1. The van der Waals surface area contributed by atoms with Crippen molar-refractivity contribution < 1.29 is 14.3 Å². The first kappa shape index (κ1) is 23.8. The quantitative estimate of drug-likeness (QED) is 0.499. The molecule has 3 aliphatic heterocycles. The molecule has 3 aliphatic rings. The Morgan fingerprint density at radius 2 is 1.78 bits per heavy atom. The first-order valence-corrected chi connectivity index (χ1v) is 13.1. The van der Waals surface area contributed by atoms with Crippen molar-refractivity contribution >= 4 is 29.1 Å². The normalized spacial score (nSPS) is 18.7. The van der Waals surface area contributed by atoms with Crippen molar-refractivity contribution in [3.05, 3.63) is 54.1 Å². The molecule has 0 aliphatic carbocycles. The molecule has 0 atom stereocenters. The molecule has 1 N–H and O–H groups in total. The van der Waals surface area contributed by atoms with Crippen LogP contribution in [0.1, 0.15) is 29.6 Å². The molecule has 9 nitrogen and oxygen atoms in total. The number of fused-ring (bicyclic) bond motifs is 1. The molecule has 2 saturated heterocycles. The Morgan fingerprint density at radius 1 is 0.973 bits per heavy atom. The predicted molar refractivity (Wildman–Crippen MR) is 143 cm³/mol. The lowest BCUT2D eigenvalue weighted by Crippen LogP contribution is -2.45. The summed E-state index contributed by atoms with van der Waals surface area (Å²) < 4.78 is 11.8. The molecule has 3 aromatic rings. The Bertz CT molecular complexity index is 1280. The van der Waals surface area contributed by atoms with Crippen LogP contribution in [0, 0.1) is 0 Å². The van der Waals surface area contributed by atoms with Gasteiger partial charge in [-0.05, 0) is 24.6 Å². The third-order valence-electron chi connectivity index (χ3n) is 7.26. The van der Waals surface area contributed by atoms with E-state index < -0.39 is 5.79 Å². The van der Waals surface area contributed by atoms with Crippen LogP contribution in [0.3, 0.4) is 0 Å². The van der Waals surface area contributed by atoms with E-state index in [1.165, 1.54) is 0 Å². The molecular weight excluding hydrogens is 468 g/mol. The Morgan fingerprint density at radius 3 is 2.54 bits per heavy atom. The lowest BCUT2D eigenvalue weighted by atomic mass is 10.0. The fraction of sp³-hybridized carbons (Fsp3) is 0.429. The van der Waals surface area contributed by atoms with E-state index in [1.54, 1.807) is 0 Å². The molecule has 192 valence electrons. The van der Waals surface area contributed by atoms with Crippen LogP contribution in [0.2, 0.25) is 0 Å². The number of hydrogen-bond donors (Lipinski definition) is 1. The second-order valence-corrected chi connectivity index (χ2v) is 9.73. The summed E-state index contributed by atoms with van der Waals surface area (Å²) in [5, 5.41) is 3.03. The van der Waals surface area contributed by atoms with E-state index in [4.69, 9.17) is 19.4 Å². The maximum Gasteiger partial charge on any atom is 0.251 e. The van der Waals surface area contributed by atoms with E-state index in [1.807, 2.05) is 42.7 Å². The van der Waals surface area contributed by atoms with Gasteiger partial charge in [-0.3, -0.25) is 9.79 Å². The van der Waals surface area contributed by atoms with Gasteiger partial charge in [0.1, 0.15) is 5.69 Å². The van der Waals surface area contributed by atoms with E-state index in [9.17, 15) is 4.79 Å². The van der Waals surface area contributed by atoms with Crippen LogP contribution in [0.15, 0.2) is 53.5 Å². The Kier molecular flexibility index (Phi) is 6.72. The Balaban J connectivity index is 1.22. The number of nitrogens with one attached hydrogen (secondary N) is 1. The number of amides is 1. The average Bonchev–Trinajstić information content (AvgIpc) is 3.64. The highest BCUT2D eigenvalue weighted by Gasteiger charge is 2.40. The summed E-state index contributed by atoms with van der Waals surface area (Å²) in [4.78, 5) is 31.6. The van der Waals surface area contributed by atoms with Crippen LogP contribution in [0.5, 0.6) is 0 Å². The fourth-order valence-corrected chi connectivity index (χ4v) is 5.21. The Labute approximate surface area is 216 Å². The van der Waals surface area contributed by atoms with Crippen LogP contribution < -0.4 is 10.2 Å². The number of piperidine rings is 1. The Hall–Kier alpha value is -3.56. The third-order valence-corrected chi connectivity index (χ3v) is 7.26. The van der Waals surface area contributed by atoms with Gasteiger partial charge in [-0.2, -0.15) is 0 Å². The number of nitrogens with zero attached hydrogens (tertiary/aromatic N) is 5. The summed E-state index contributed by atoms with van der Waals surface area (Å²) in [7, 11) is 0. The van der Waals surface area contributed by atoms with Crippen molar-refractivity contribution in [1.29, 1.82) is 0 Å². The molecule has 2 fully saturated rings. The third kappa shape index (κ3) is 5.14. The van der Waals surface area contributed by atoms with Crippen molar-refractivity contribution in [1.82, 2.24) is 20.2 Å². The van der Waals surface area contributed by atoms with Crippen LogP contribution in [-0.2, 0) is 9.47 Å². The number of aromatic nitrogens is 2. The molecule has 9 heteroatoms. The summed E-state index contributed by atoms with van der Waals surface area (Å²) in [6.45, 7) is 6.22. The van der Waals surface area contributed by atoms with Gasteiger partial charge >= 0.3 is 0 Å². The van der Waals surface area contributed by atoms with Gasteiger partial charge in [0.05, 0.1) is 37.1 Å². The number of benzene rings is 2. The van der Waals surface area contributed by atoms with Crippen LogP contribution >= 0.6 is 0 Å². The second kappa shape index (κ2) is 10.4. The highest BCUT2D eigenvalue weighted by Crippen LogP contribution is 2.36. The predicted octanol–water partition coefficient (Wildman–Crippen LogP) is 3.10. The van der Waals surface area contributed by atoms with E-state index in [2.05, 4.69) is 32.2 Å². The van der Waals surface area contributed by atoms with E-state index >= 15 is 0 Å². The fourth-order valence-electron chi connectivity index (χ4n) is 5.21. The number of carbonyl (C=O) groups excluding carboxylic acids is 1. The van der Waals surface area contributed by atoms with Crippen molar-refractivity contribution in [3.8, 4) is 11.3 Å². The van der Waals surface area contributed by atoms with Crippen molar-refractivity contribution in [2.75, 3.05) is 57.4 Å². The molecule has 0 unspecified atom stereocenters. The van der Waals surface area contributed by atoms with E-state index in [0.29, 0.717) is 30.8 Å². The van der Waals surface area contributed by atoms with Gasteiger partial charge < -0.3 is 24.6 Å². The topological polar surface area (TPSA) is 92.2 Å². The summed E-state index contributed by atoms with van der Waals surface area (Å²) >= 11 is 0. The zero-order valence-electron chi connectivity index (χ0n) is 20.9. The van der Waals surface area contributed by atoms with Gasteiger partial charge in [0.15, 0.2) is 11.6 Å². The van der Waals surface area contributed by atoms with E-state index in [0.717, 1.165) is 74.6 Å². The van der Waals surface area contributed by atoms with Crippen LogP contribution in [0.4, 0.5) is 5.82 Å². The first-order chi connectivity index (χ1) is 18.2. The first-order valence-electron chi connectivity index (χ1n) is 13.1. The van der Waals surface area contributed by atoms with E-state index in [-0.39, 0.29) is 5.91 Å². The highest BCUT2D eigenvalue weighted by atomic mass is 16.7. The monoisotopic (exact) mass is 500 g/mol. The van der Waals surface area contributed by atoms with Crippen LogP contribution in [0.25, 0.3) is 22.3 Å². The van der Waals surface area contributed by atoms with Crippen molar-refractivity contribution in [2.45, 2.75) is 25.0 Å². The molecule has 1 amide bonds. The minimum atomic E-state index is -0.446. The molecule has 37 heavy (non-hydrogen) atoms. The summed E-state index contributed by atoms with van der Waals surface area (Å²) in [5.74, 6) is 0.314. The SMILES string of the molecule is O=C(NCCCN1C=NCC1)c1ccc2nc(N3CCC4(CC3)OCCO4)c(-c3ccccc3)nc2c1. The van der Waals surface area contributed by atoms with Gasteiger partial charge in [0.25, 0.3) is 5.91 Å². The van der Waals surface area contributed by atoms with Gasteiger partial charge in [-0.15, -0.1) is 0 Å². The van der Waals surface area contributed by atoms with Crippen molar-refractivity contribution in [3.63, 3.8) is 0 Å². The lowest BCUT2D eigenvalue weighted by molar-refractivity contribution is -0.169. The van der Waals surface area contributed by atoms with Gasteiger partial charge in [-0.1, -0.05) is 30.3 Å². The van der Waals surface area contributed by atoms with Gasteiger partial charge in [0, 0.05) is 56.7 Å². The summed E-state index contributed by atoms with van der Waals surface area (Å²) in [6.07, 6.45) is 4.36. The minimum Gasteiger partial charge on any atom is -0.361 e. The van der Waals surface area contributed by atoms with Gasteiger partial charge in [-0.25, -0.2) is 9.97 Å². The van der Waals surface area contributed by atoms with Crippen LogP contribution in [-0.4, -0.2) is 85.4 Å². The smallest absolute Gasteiger partial charge is 0.251 e. The highest BCUT2D eigenvalue weighted by molar-refractivity contribution is 5.98. The minimum absolute atomic E-state index is 0.0954. The lowest BCUT2D eigenvalue weighted by Gasteiger charge is -2.38. The van der Waals surface area contributed by atoms with Gasteiger partial charge in [0.2, 0.25) is 0 Å². The number of anilines is 1. The number of carbonyl (C=O) groups is 1. The summed E-state index contributed by atoms with van der Waals surface area (Å²) in [5.41, 5.74) is 3.89. The molecule has 1 spiro atoms. The average molecular weight is 501 g/mol. The standard InChI is InChI=1S/C28H32N6O3/c35-27(30-11-4-13-33-16-12-29-20-33)22-7-8-23-24(19-22)31-25(21-5-2-1-3-6-21)26(32-23)34-14-9-28(10-15-34)36-17-18-37-28/h1-3,5-8,19-20H,4,9-18H2,(H,30,35). The molecule has 0 saturated carbocycles. The number of rotatable bonds is 7. The van der Waals surface area contributed by atoms with Crippen molar-refractivity contribution in [2.24, 2.45) is 4.99 Å². The molecule has 0 radical (unpaired) electrons. The molecule has 1 aromatic heterocycles. The number of ether oxygens (including phenoxy) is 2. The molecule has 6 rings (SSSR count). The molecule has 4 heterocycles. The maximum absolute atomic E-state index is 12.8.